The van der Waals surface area contributed by atoms with Gasteiger partial charge in [0.25, 0.3) is 5.91 Å². The molecule has 1 amide bonds. The van der Waals surface area contributed by atoms with E-state index in [4.69, 9.17) is 4.52 Å². The molecule has 4 heteroatoms. The van der Waals surface area contributed by atoms with Crippen LogP contribution in [0.3, 0.4) is 0 Å². The van der Waals surface area contributed by atoms with E-state index in [0.717, 1.165) is 49.1 Å². The summed E-state index contributed by atoms with van der Waals surface area (Å²) in [5.41, 5.74) is 3.46. The van der Waals surface area contributed by atoms with E-state index in [1.54, 1.807) is 0 Å². The summed E-state index contributed by atoms with van der Waals surface area (Å²) in [4.78, 5) is 12.4. The second-order valence-electron chi connectivity index (χ2n) is 5.50. The van der Waals surface area contributed by atoms with Gasteiger partial charge in [-0.05, 0) is 43.4 Å². The van der Waals surface area contributed by atoms with Crippen molar-refractivity contribution in [3.8, 4) is 0 Å². The first-order valence-electron chi connectivity index (χ1n) is 7.65. The molecule has 0 radical (unpaired) electrons. The molecule has 0 saturated heterocycles. The van der Waals surface area contributed by atoms with E-state index < -0.39 is 0 Å². The number of benzene rings is 1. The van der Waals surface area contributed by atoms with Gasteiger partial charge < -0.3 is 9.84 Å². The number of rotatable bonds is 3. The molecule has 0 spiro atoms. The van der Waals surface area contributed by atoms with Crippen LogP contribution in [0.15, 0.2) is 28.8 Å². The molecule has 0 atom stereocenters. The van der Waals surface area contributed by atoms with Gasteiger partial charge in [0.05, 0.1) is 0 Å². The molecule has 3 rings (SSSR count). The van der Waals surface area contributed by atoms with Crippen LogP contribution in [0.1, 0.15) is 53.6 Å². The largest absolute Gasteiger partial charge is 0.360 e. The van der Waals surface area contributed by atoms with Crippen LogP contribution >= 0.6 is 0 Å². The quantitative estimate of drug-likeness (QED) is 0.873. The fourth-order valence-electron chi connectivity index (χ4n) is 2.80. The maximum atomic E-state index is 12.4. The minimum atomic E-state index is -0.171. The molecular weight excluding hydrogens is 264 g/mol. The molecule has 21 heavy (non-hydrogen) atoms. The maximum Gasteiger partial charge on any atom is 0.278 e. The number of hydrogen-bond acceptors (Lipinski definition) is 3. The van der Waals surface area contributed by atoms with Gasteiger partial charge in [0.15, 0.2) is 5.69 Å². The summed E-state index contributed by atoms with van der Waals surface area (Å²) < 4.78 is 5.36. The molecule has 1 aromatic carbocycles. The third-order valence-electron chi connectivity index (χ3n) is 4.01. The average Bonchev–Trinajstić information content (AvgIpc) is 2.76. The molecule has 1 aromatic heterocycles. The zero-order valence-corrected chi connectivity index (χ0v) is 12.3. The van der Waals surface area contributed by atoms with Gasteiger partial charge in [-0.25, -0.2) is 0 Å². The van der Waals surface area contributed by atoms with E-state index >= 15 is 0 Å². The van der Waals surface area contributed by atoms with Gasteiger partial charge in [-0.3, -0.25) is 4.79 Å². The van der Waals surface area contributed by atoms with Crippen LogP contribution in [0, 0.1) is 0 Å². The Balaban J connectivity index is 1.80. The molecule has 2 aromatic rings. The Morgan fingerprint density at radius 1 is 1.29 bits per heavy atom. The molecule has 0 bridgehead atoms. The summed E-state index contributed by atoms with van der Waals surface area (Å²) in [6.07, 6.45) is 6.12. The third kappa shape index (κ3) is 2.99. The van der Waals surface area contributed by atoms with Crippen LogP contribution in [0.4, 0.5) is 5.69 Å². The number of nitrogens with one attached hydrogen (secondary N) is 1. The monoisotopic (exact) mass is 284 g/mol. The fourth-order valence-corrected chi connectivity index (χ4v) is 2.80. The second kappa shape index (κ2) is 6.12. The van der Waals surface area contributed by atoms with Crippen LogP contribution in [-0.2, 0) is 19.3 Å². The number of aryl methyl sites for hydroxylation is 2. The first-order chi connectivity index (χ1) is 10.3. The van der Waals surface area contributed by atoms with Gasteiger partial charge in [-0.15, -0.1) is 0 Å². The van der Waals surface area contributed by atoms with Crippen LogP contribution in [0.25, 0.3) is 0 Å². The highest BCUT2D eigenvalue weighted by Crippen LogP contribution is 2.24. The lowest BCUT2D eigenvalue weighted by Gasteiger charge is -2.06. The first kappa shape index (κ1) is 13.9. The molecule has 4 nitrogen and oxygen atoms in total. The summed E-state index contributed by atoms with van der Waals surface area (Å²) >= 11 is 0. The van der Waals surface area contributed by atoms with Crippen LogP contribution in [-0.4, -0.2) is 11.1 Å². The van der Waals surface area contributed by atoms with E-state index in [0.29, 0.717) is 5.69 Å². The summed E-state index contributed by atoms with van der Waals surface area (Å²) in [5.74, 6) is 0.718. The number of aromatic nitrogens is 1. The summed E-state index contributed by atoms with van der Waals surface area (Å²) in [6, 6.07) is 7.90. The van der Waals surface area contributed by atoms with E-state index in [9.17, 15) is 4.79 Å². The predicted molar refractivity (Wildman–Crippen MR) is 81.5 cm³/mol. The Morgan fingerprint density at radius 2 is 2.14 bits per heavy atom. The zero-order chi connectivity index (χ0) is 14.7. The molecule has 0 aliphatic heterocycles. The molecular formula is C17H20N2O2. The van der Waals surface area contributed by atoms with Crippen molar-refractivity contribution in [3.63, 3.8) is 0 Å². The highest BCUT2D eigenvalue weighted by molar-refractivity contribution is 6.03. The summed E-state index contributed by atoms with van der Waals surface area (Å²) in [5, 5.41) is 6.92. The van der Waals surface area contributed by atoms with Gasteiger partial charge in [0.1, 0.15) is 5.76 Å². The summed E-state index contributed by atoms with van der Waals surface area (Å²) in [6.45, 7) is 2.10. The zero-order valence-electron chi connectivity index (χ0n) is 12.3. The molecule has 1 aliphatic rings. The smallest absolute Gasteiger partial charge is 0.278 e. The molecule has 1 N–H and O–H groups in total. The van der Waals surface area contributed by atoms with Crippen molar-refractivity contribution in [2.75, 3.05) is 5.32 Å². The van der Waals surface area contributed by atoms with Crippen LogP contribution in [0.5, 0.6) is 0 Å². The lowest BCUT2D eigenvalue weighted by atomic mass is 10.1. The van der Waals surface area contributed by atoms with Crippen molar-refractivity contribution in [2.45, 2.75) is 45.4 Å². The van der Waals surface area contributed by atoms with Crippen molar-refractivity contribution in [3.05, 3.63) is 46.8 Å². The molecule has 0 unspecified atom stereocenters. The first-order valence-corrected chi connectivity index (χ1v) is 7.65. The molecule has 0 fully saturated rings. The number of carbonyl (C=O) groups excluding carboxylic acids is 1. The number of carbonyl (C=O) groups is 1. The lowest BCUT2D eigenvalue weighted by molar-refractivity contribution is 0.101. The van der Waals surface area contributed by atoms with Gasteiger partial charge in [-0.2, -0.15) is 0 Å². The lowest BCUT2D eigenvalue weighted by Crippen LogP contribution is -2.14. The molecule has 0 saturated carbocycles. The van der Waals surface area contributed by atoms with Crippen molar-refractivity contribution in [2.24, 2.45) is 0 Å². The highest BCUT2D eigenvalue weighted by atomic mass is 16.5. The van der Waals surface area contributed by atoms with E-state index in [1.165, 1.54) is 12.0 Å². The average molecular weight is 284 g/mol. The van der Waals surface area contributed by atoms with Gasteiger partial charge in [0.2, 0.25) is 0 Å². The van der Waals surface area contributed by atoms with Crippen LogP contribution in [0.2, 0.25) is 0 Å². The van der Waals surface area contributed by atoms with Gasteiger partial charge in [-0.1, -0.05) is 30.6 Å². The molecule has 1 heterocycles. The Morgan fingerprint density at radius 3 is 3.00 bits per heavy atom. The third-order valence-corrected chi connectivity index (χ3v) is 4.01. The van der Waals surface area contributed by atoms with E-state index in [1.807, 2.05) is 18.2 Å². The SMILES string of the molecule is CCc1cccc(NC(=O)c2noc3c2CCCCC3)c1. The van der Waals surface area contributed by atoms with Gasteiger partial charge in [0, 0.05) is 17.7 Å². The normalized spacial score (nSPS) is 14.3. The van der Waals surface area contributed by atoms with Crippen molar-refractivity contribution in [1.82, 2.24) is 5.16 Å². The maximum absolute atomic E-state index is 12.4. The number of hydrogen-bond donors (Lipinski definition) is 1. The Hall–Kier alpha value is -2.10. The van der Waals surface area contributed by atoms with Crippen LogP contribution < -0.4 is 5.32 Å². The van der Waals surface area contributed by atoms with Crippen molar-refractivity contribution in [1.29, 1.82) is 0 Å². The standard InChI is InChI=1S/C17H20N2O2/c1-2-12-7-6-8-13(11-12)18-17(20)16-14-9-4-3-5-10-15(14)21-19-16/h6-8,11H,2-5,9-10H2,1H3,(H,18,20). The van der Waals surface area contributed by atoms with E-state index in [-0.39, 0.29) is 5.91 Å². The number of amides is 1. The predicted octanol–water partition coefficient (Wildman–Crippen LogP) is 3.76. The van der Waals surface area contributed by atoms with Crippen molar-refractivity contribution < 1.29 is 9.32 Å². The van der Waals surface area contributed by atoms with Gasteiger partial charge >= 0.3 is 0 Å². The van der Waals surface area contributed by atoms with E-state index in [2.05, 4.69) is 23.5 Å². The fraction of sp³-hybridized carbons (Fsp3) is 0.412. The molecule has 110 valence electrons. The van der Waals surface area contributed by atoms with Crippen molar-refractivity contribution >= 4 is 11.6 Å². The topological polar surface area (TPSA) is 55.1 Å². The highest BCUT2D eigenvalue weighted by Gasteiger charge is 2.23. The number of nitrogens with zero attached hydrogens (tertiary/aromatic N) is 1. The number of anilines is 1. The minimum absolute atomic E-state index is 0.171. The Labute approximate surface area is 124 Å². The number of fused-ring (bicyclic) bond motifs is 1. The summed E-state index contributed by atoms with van der Waals surface area (Å²) in [7, 11) is 0. The Bertz CT molecular complexity index is 646. The Kier molecular flexibility index (Phi) is 4.04. The molecule has 1 aliphatic carbocycles. The second-order valence-corrected chi connectivity index (χ2v) is 5.50. The minimum Gasteiger partial charge on any atom is -0.360 e.